The summed E-state index contributed by atoms with van der Waals surface area (Å²) in [6.07, 6.45) is 9.21. The van der Waals surface area contributed by atoms with Crippen LogP contribution in [0.4, 0.5) is 0 Å². The normalized spacial score (nSPS) is 20.4. The van der Waals surface area contributed by atoms with Crippen LogP contribution in [0.2, 0.25) is 0 Å². The van der Waals surface area contributed by atoms with E-state index < -0.39 is 0 Å². The topological polar surface area (TPSA) is 80.2 Å². The van der Waals surface area contributed by atoms with Crippen molar-refractivity contribution in [3.63, 3.8) is 0 Å². The monoisotopic (exact) mass is 415 g/mol. The van der Waals surface area contributed by atoms with E-state index in [2.05, 4.69) is 40.1 Å². The fourth-order valence-corrected chi connectivity index (χ4v) is 5.42. The number of rotatable bonds is 8. The van der Waals surface area contributed by atoms with Crippen molar-refractivity contribution < 1.29 is 9.52 Å². The second kappa shape index (κ2) is 9.19. The Morgan fingerprint density at radius 2 is 2.21 bits per heavy atom. The zero-order chi connectivity index (χ0) is 20.2. The molecule has 0 amide bonds. The van der Waals surface area contributed by atoms with Crippen molar-refractivity contribution in [2.45, 2.75) is 64.6 Å². The number of aryl methyl sites for hydroxylation is 1. The maximum atomic E-state index is 9.44. The zero-order valence-electron chi connectivity index (χ0n) is 17.1. The molecule has 0 bridgehead atoms. The van der Waals surface area contributed by atoms with Crippen molar-refractivity contribution in [1.82, 2.24) is 24.9 Å². The van der Waals surface area contributed by atoms with Gasteiger partial charge in [0.05, 0.1) is 18.4 Å². The maximum absolute atomic E-state index is 9.44. The average molecular weight is 416 g/mol. The van der Waals surface area contributed by atoms with E-state index in [9.17, 15) is 5.11 Å². The van der Waals surface area contributed by atoms with E-state index in [1.165, 1.54) is 21.7 Å². The third kappa shape index (κ3) is 4.76. The van der Waals surface area contributed by atoms with Crippen LogP contribution in [0.25, 0.3) is 0 Å². The van der Waals surface area contributed by atoms with Gasteiger partial charge < -0.3 is 9.52 Å². The van der Waals surface area contributed by atoms with E-state index in [0.717, 1.165) is 50.2 Å². The molecule has 2 atom stereocenters. The third-order valence-electron chi connectivity index (χ3n) is 5.79. The molecule has 1 aliphatic heterocycles. The second-order valence-electron chi connectivity index (χ2n) is 7.85. The van der Waals surface area contributed by atoms with E-state index >= 15 is 0 Å². The molecule has 1 N–H and O–H groups in total. The lowest BCUT2D eigenvalue weighted by molar-refractivity contribution is 0.137. The van der Waals surface area contributed by atoms with Crippen LogP contribution in [0.15, 0.2) is 29.3 Å². The maximum Gasteiger partial charge on any atom is 0.180 e. The van der Waals surface area contributed by atoms with Gasteiger partial charge in [-0.25, -0.2) is 9.67 Å². The highest BCUT2D eigenvalue weighted by atomic mass is 32.1. The number of hydrogen-bond donors (Lipinski definition) is 1. The number of aliphatic hydroxyl groups is 1. The predicted octanol–water partition coefficient (Wildman–Crippen LogP) is 3.24. The van der Waals surface area contributed by atoms with E-state index in [1.54, 1.807) is 6.26 Å². The van der Waals surface area contributed by atoms with Crippen LogP contribution < -0.4 is 0 Å². The third-order valence-corrected chi connectivity index (χ3v) is 7.15. The van der Waals surface area contributed by atoms with Gasteiger partial charge in [0.15, 0.2) is 6.39 Å². The molecule has 0 spiro atoms. The fraction of sp³-hybridized carbons (Fsp3) is 0.571. The van der Waals surface area contributed by atoms with Gasteiger partial charge in [0.2, 0.25) is 0 Å². The summed E-state index contributed by atoms with van der Waals surface area (Å²) in [6, 6.07) is 2.87. The van der Waals surface area contributed by atoms with Crippen LogP contribution in [0.5, 0.6) is 0 Å². The largest absolute Gasteiger partial charge is 0.451 e. The molecule has 0 saturated carbocycles. The second-order valence-corrected chi connectivity index (χ2v) is 9.07. The average Bonchev–Trinajstić information content (AvgIpc) is 3.46. The fourth-order valence-electron chi connectivity index (χ4n) is 4.23. The molecule has 0 radical (unpaired) electrons. The van der Waals surface area contributed by atoms with Crippen LogP contribution in [0.3, 0.4) is 0 Å². The Morgan fingerprint density at radius 3 is 2.93 bits per heavy atom. The van der Waals surface area contributed by atoms with Gasteiger partial charge in [-0.1, -0.05) is 12.1 Å². The molecule has 1 unspecified atom stereocenters. The lowest BCUT2D eigenvalue weighted by Crippen LogP contribution is -2.39. The van der Waals surface area contributed by atoms with Crippen molar-refractivity contribution in [1.29, 1.82) is 0 Å². The van der Waals surface area contributed by atoms with Crippen molar-refractivity contribution in [2.75, 3.05) is 13.2 Å². The van der Waals surface area contributed by atoms with Crippen LogP contribution in [0.1, 0.15) is 59.3 Å². The Labute approximate surface area is 175 Å². The SMILES string of the molecule is CCc1cc(C2CCN(Cc3cn(Cc4cocn4)nn3)[C@@H](C)C2)c(CCO)s1. The van der Waals surface area contributed by atoms with E-state index in [-0.39, 0.29) is 6.61 Å². The minimum atomic E-state index is 0.231. The van der Waals surface area contributed by atoms with Gasteiger partial charge >= 0.3 is 0 Å². The molecular weight excluding hydrogens is 386 g/mol. The molecule has 1 fully saturated rings. The van der Waals surface area contributed by atoms with Gasteiger partial charge in [0.1, 0.15) is 12.0 Å². The first-order chi connectivity index (χ1) is 14.2. The van der Waals surface area contributed by atoms with Gasteiger partial charge in [-0.15, -0.1) is 16.4 Å². The lowest BCUT2D eigenvalue weighted by atomic mass is 9.85. The summed E-state index contributed by atoms with van der Waals surface area (Å²) in [7, 11) is 0. The van der Waals surface area contributed by atoms with Crippen molar-refractivity contribution in [3.8, 4) is 0 Å². The first-order valence-electron chi connectivity index (χ1n) is 10.4. The highest BCUT2D eigenvalue weighted by Gasteiger charge is 2.29. The summed E-state index contributed by atoms with van der Waals surface area (Å²) in [4.78, 5) is 9.45. The van der Waals surface area contributed by atoms with E-state index in [0.29, 0.717) is 18.5 Å². The zero-order valence-corrected chi connectivity index (χ0v) is 17.9. The van der Waals surface area contributed by atoms with Crippen LogP contribution >= 0.6 is 11.3 Å². The Bertz CT molecular complexity index is 904. The van der Waals surface area contributed by atoms with Crippen molar-refractivity contribution >= 4 is 11.3 Å². The number of likely N-dealkylation sites (tertiary alicyclic amines) is 1. The molecule has 1 aliphatic rings. The molecule has 4 heterocycles. The first kappa shape index (κ1) is 20.3. The van der Waals surface area contributed by atoms with Crippen molar-refractivity contribution in [3.05, 3.63) is 51.6 Å². The van der Waals surface area contributed by atoms with Gasteiger partial charge in [-0.05, 0) is 50.3 Å². The number of piperidine rings is 1. The lowest BCUT2D eigenvalue weighted by Gasteiger charge is -2.37. The standard InChI is InChI=1S/C21H29N5O2S/c1-3-19-9-20(21(29-19)5-7-27)16-4-6-25(15(2)8-16)10-17-11-26(24-23-17)12-18-13-28-14-22-18/h9,11,13-16,27H,3-8,10,12H2,1-2H3/t15-,16?/m0/s1. The molecule has 3 aromatic heterocycles. The molecule has 4 rings (SSSR count). The highest BCUT2D eigenvalue weighted by Crippen LogP contribution is 2.38. The van der Waals surface area contributed by atoms with Gasteiger partial charge in [-0.3, -0.25) is 4.90 Å². The minimum Gasteiger partial charge on any atom is -0.451 e. The predicted molar refractivity (Wildman–Crippen MR) is 112 cm³/mol. The molecule has 156 valence electrons. The smallest absolute Gasteiger partial charge is 0.180 e. The highest BCUT2D eigenvalue weighted by molar-refractivity contribution is 7.12. The molecule has 29 heavy (non-hydrogen) atoms. The number of aliphatic hydroxyl groups excluding tert-OH is 1. The number of nitrogens with zero attached hydrogens (tertiary/aromatic N) is 5. The number of aromatic nitrogens is 4. The molecule has 0 aromatic carbocycles. The van der Waals surface area contributed by atoms with Crippen LogP contribution in [0, 0.1) is 0 Å². The van der Waals surface area contributed by atoms with Crippen LogP contribution in [-0.2, 0) is 25.9 Å². The molecular formula is C21H29N5O2S. The van der Waals surface area contributed by atoms with Gasteiger partial charge in [-0.2, -0.15) is 0 Å². The number of hydrogen-bond acceptors (Lipinski definition) is 7. The summed E-state index contributed by atoms with van der Waals surface area (Å²) < 4.78 is 6.82. The number of oxazole rings is 1. The quantitative estimate of drug-likeness (QED) is 0.608. The molecule has 7 nitrogen and oxygen atoms in total. The van der Waals surface area contributed by atoms with Crippen molar-refractivity contribution in [2.24, 2.45) is 0 Å². The Morgan fingerprint density at radius 1 is 1.31 bits per heavy atom. The van der Waals surface area contributed by atoms with E-state index in [1.807, 2.05) is 22.2 Å². The first-order valence-corrected chi connectivity index (χ1v) is 11.2. The molecule has 0 aliphatic carbocycles. The van der Waals surface area contributed by atoms with E-state index in [4.69, 9.17) is 4.42 Å². The minimum absolute atomic E-state index is 0.231. The Kier molecular flexibility index (Phi) is 6.42. The Balaban J connectivity index is 1.37. The molecule has 1 saturated heterocycles. The van der Waals surface area contributed by atoms with Gasteiger partial charge in [0.25, 0.3) is 0 Å². The summed E-state index contributed by atoms with van der Waals surface area (Å²) >= 11 is 1.88. The summed E-state index contributed by atoms with van der Waals surface area (Å²) in [6.45, 7) is 7.20. The number of thiophene rings is 1. The summed E-state index contributed by atoms with van der Waals surface area (Å²) in [5.41, 5.74) is 3.31. The summed E-state index contributed by atoms with van der Waals surface area (Å²) in [5, 5.41) is 18.0. The van der Waals surface area contributed by atoms with Gasteiger partial charge in [0, 0.05) is 35.4 Å². The molecule has 8 heteroatoms. The van der Waals surface area contributed by atoms with Crippen LogP contribution in [-0.4, -0.2) is 49.2 Å². The molecule has 3 aromatic rings. The Hall–Kier alpha value is -2.03. The summed E-state index contributed by atoms with van der Waals surface area (Å²) in [5.74, 6) is 0.585.